The molecule has 2 aromatic rings. The molecule has 0 spiro atoms. The van der Waals surface area contributed by atoms with Gasteiger partial charge in [-0.3, -0.25) is 4.55 Å². The van der Waals surface area contributed by atoms with E-state index in [2.05, 4.69) is 0 Å². The molecule has 1 N–H and O–H groups in total. The van der Waals surface area contributed by atoms with Gasteiger partial charge in [-0.2, -0.15) is 8.42 Å². The molecule has 0 aliphatic carbocycles. The lowest BCUT2D eigenvalue weighted by molar-refractivity contribution is 0.484. The van der Waals surface area contributed by atoms with E-state index in [0.717, 1.165) is 5.30 Å². The Hall–Kier alpha value is -1.00. The van der Waals surface area contributed by atoms with Crippen LogP contribution in [0.2, 0.25) is 0 Å². The van der Waals surface area contributed by atoms with Gasteiger partial charge in [0.2, 0.25) is 0 Å². The van der Waals surface area contributed by atoms with E-state index in [9.17, 15) is 13.0 Å². The summed E-state index contributed by atoms with van der Waals surface area (Å²) in [5.41, 5.74) is 0. The van der Waals surface area contributed by atoms with Crippen LogP contribution in [0.3, 0.4) is 0 Å². The summed E-state index contributed by atoms with van der Waals surface area (Å²) in [6.07, 6.45) is 0. The first-order valence-electron chi connectivity index (χ1n) is 5.16. The Balaban J connectivity index is 2.57. The quantitative estimate of drug-likeness (QED) is 0.690. The minimum atomic E-state index is -4.23. The van der Waals surface area contributed by atoms with Crippen LogP contribution in [-0.4, -0.2) is 13.0 Å². The highest BCUT2D eigenvalue weighted by Crippen LogP contribution is 2.23. The zero-order valence-corrected chi connectivity index (χ0v) is 11.9. The van der Waals surface area contributed by atoms with E-state index in [4.69, 9.17) is 11.8 Å². The van der Waals surface area contributed by atoms with Crippen molar-refractivity contribution in [2.24, 2.45) is 0 Å². The molecule has 0 bridgehead atoms. The molecule has 1 atom stereocenters. The van der Waals surface area contributed by atoms with E-state index < -0.39 is 16.8 Å². The van der Waals surface area contributed by atoms with E-state index in [1.165, 1.54) is 6.07 Å². The molecule has 3 nitrogen and oxygen atoms in total. The van der Waals surface area contributed by atoms with Gasteiger partial charge < -0.3 is 0 Å². The molecule has 1 unspecified atom stereocenters. The molecule has 6 heteroatoms. The summed E-state index contributed by atoms with van der Waals surface area (Å²) in [6, 6.07) is 15.7. The lowest BCUT2D eigenvalue weighted by atomic mass is 10.4. The van der Waals surface area contributed by atoms with Crippen LogP contribution in [0, 0.1) is 0 Å². The number of hydrogen-bond acceptors (Lipinski definition) is 3. The van der Waals surface area contributed by atoms with Gasteiger partial charge in [-0.1, -0.05) is 60.3 Å². The predicted octanol–water partition coefficient (Wildman–Crippen LogP) is 1.56. The van der Waals surface area contributed by atoms with E-state index in [1.54, 1.807) is 18.2 Å². The monoisotopic (exact) mass is 298 g/mol. The molecule has 0 saturated carbocycles. The summed E-state index contributed by atoms with van der Waals surface area (Å²) in [5.74, 6) is 0. The fraction of sp³-hybridized carbons (Fsp3) is 0. The molecule has 0 radical (unpaired) electrons. The maximum absolute atomic E-state index is 11.3. The summed E-state index contributed by atoms with van der Waals surface area (Å²) in [4.78, 5) is -0.0854. The van der Waals surface area contributed by atoms with Gasteiger partial charge >= 0.3 is 0 Å². The predicted molar refractivity (Wildman–Crippen MR) is 77.6 cm³/mol. The normalized spacial score (nSPS) is 13.2. The minimum absolute atomic E-state index is 0.0854. The smallest absolute Gasteiger partial charge is 0.282 e. The first-order chi connectivity index (χ1) is 8.50. The van der Waals surface area contributed by atoms with Crippen molar-refractivity contribution in [1.29, 1.82) is 0 Å². The van der Waals surface area contributed by atoms with Crippen molar-refractivity contribution in [3.05, 3.63) is 54.6 Å². The van der Waals surface area contributed by atoms with Gasteiger partial charge in [-0.05, 0) is 18.1 Å². The molecule has 0 fully saturated rings. The number of benzene rings is 2. The van der Waals surface area contributed by atoms with E-state index >= 15 is 0 Å². The Morgan fingerprint density at radius 2 is 1.50 bits per heavy atom. The third kappa shape index (κ3) is 2.87. The van der Waals surface area contributed by atoms with Gasteiger partial charge in [0.25, 0.3) is 10.1 Å². The molecule has 0 heterocycles. The van der Waals surface area contributed by atoms with Crippen LogP contribution in [0.25, 0.3) is 0 Å². The average molecular weight is 298 g/mol. The largest absolute Gasteiger partial charge is 0.295 e. The zero-order chi connectivity index (χ0) is 13.2. The zero-order valence-electron chi connectivity index (χ0n) is 9.28. The van der Waals surface area contributed by atoms with E-state index in [1.807, 2.05) is 30.3 Å². The highest BCUT2D eigenvalue weighted by Gasteiger charge is 2.17. The Labute approximate surface area is 112 Å². The molecule has 0 aliphatic rings. The first kappa shape index (κ1) is 13.4. The van der Waals surface area contributed by atoms with Crippen LogP contribution in [0.5, 0.6) is 0 Å². The van der Waals surface area contributed by atoms with Gasteiger partial charge in [0, 0.05) is 5.30 Å². The Bertz CT molecular complexity index is 681. The van der Waals surface area contributed by atoms with E-state index in [-0.39, 0.29) is 4.90 Å². The SMILES string of the molecule is O=S(=O)(O)c1ccccc1[PH](=S)c1ccccc1. The standard InChI is InChI=1S/C12H11O3PS2/c13-18(14,15)12-9-5-4-8-11(12)16(17)10-6-2-1-3-7-10/h1-9,16H,(H,13,14,15). The third-order valence-electron chi connectivity index (χ3n) is 2.45. The second-order valence-corrected chi connectivity index (χ2v) is 8.06. The van der Waals surface area contributed by atoms with Crippen molar-refractivity contribution in [2.75, 3.05) is 0 Å². The highest BCUT2D eigenvalue weighted by molar-refractivity contribution is 8.12. The lowest BCUT2D eigenvalue weighted by Gasteiger charge is -2.09. The second-order valence-electron chi connectivity index (χ2n) is 3.67. The molecule has 2 aromatic carbocycles. The third-order valence-corrected chi connectivity index (χ3v) is 6.69. The Morgan fingerprint density at radius 3 is 2.11 bits per heavy atom. The van der Waals surface area contributed by atoms with Crippen LogP contribution >= 0.6 is 6.70 Å². The fourth-order valence-corrected chi connectivity index (χ4v) is 5.41. The Morgan fingerprint density at radius 1 is 0.944 bits per heavy atom. The van der Waals surface area contributed by atoms with Crippen molar-refractivity contribution >= 4 is 39.2 Å². The molecule has 0 amide bonds. The van der Waals surface area contributed by atoms with Crippen molar-refractivity contribution in [3.8, 4) is 0 Å². The molecule has 0 saturated heterocycles. The van der Waals surface area contributed by atoms with Crippen LogP contribution in [0.15, 0.2) is 59.5 Å². The summed E-state index contributed by atoms with van der Waals surface area (Å²) in [7, 11) is -4.23. The van der Waals surface area contributed by atoms with Gasteiger partial charge in [0.15, 0.2) is 0 Å². The summed E-state index contributed by atoms with van der Waals surface area (Å²) >= 11 is 5.45. The molecule has 94 valence electrons. The fourth-order valence-electron chi connectivity index (χ4n) is 1.62. The summed E-state index contributed by atoms with van der Waals surface area (Å²) in [5, 5.41) is 1.44. The van der Waals surface area contributed by atoms with Gasteiger partial charge in [0.05, 0.1) is 0 Å². The molecule has 0 aromatic heterocycles. The maximum Gasteiger partial charge on any atom is 0.295 e. The maximum atomic E-state index is 11.3. The molecular weight excluding hydrogens is 287 g/mol. The van der Waals surface area contributed by atoms with Gasteiger partial charge in [-0.15, -0.1) is 0 Å². The number of rotatable bonds is 3. The van der Waals surface area contributed by atoms with Crippen LogP contribution in [0.4, 0.5) is 0 Å². The minimum Gasteiger partial charge on any atom is -0.282 e. The van der Waals surface area contributed by atoms with Crippen LogP contribution in [-0.2, 0) is 21.9 Å². The van der Waals surface area contributed by atoms with Crippen molar-refractivity contribution in [2.45, 2.75) is 4.90 Å². The van der Waals surface area contributed by atoms with Crippen molar-refractivity contribution in [3.63, 3.8) is 0 Å². The average Bonchev–Trinajstić information content (AvgIpc) is 2.38. The number of hydrogen-bond donors (Lipinski definition) is 1. The van der Waals surface area contributed by atoms with Crippen LogP contribution < -0.4 is 10.6 Å². The van der Waals surface area contributed by atoms with Crippen molar-refractivity contribution < 1.29 is 13.0 Å². The van der Waals surface area contributed by atoms with Crippen molar-refractivity contribution in [1.82, 2.24) is 0 Å². The topological polar surface area (TPSA) is 54.4 Å². The summed E-state index contributed by atoms with van der Waals surface area (Å²) in [6.45, 7) is -1.61. The van der Waals surface area contributed by atoms with E-state index in [0.29, 0.717) is 5.30 Å². The summed E-state index contributed by atoms with van der Waals surface area (Å²) < 4.78 is 31.8. The Kier molecular flexibility index (Phi) is 3.97. The molecule has 0 aliphatic heterocycles. The van der Waals surface area contributed by atoms with Gasteiger partial charge in [0.1, 0.15) is 4.90 Å². The van der Waals surface area contributed by atoms with Crippen LogP contribution in [0.1, 0.15) is 0 Å². The first-order valence-corrected chi connectivity index (χ1v) is 9.24. The second kappa shape index (κ2) is 5.33. The molecule has 2 rings (SSSR count). The lowest BCUT2D eigenvalue weighted by Crippen LogP contribution is -2.15. The molecular formula is C12H11O3PS2. The molecule has 18 heavy (non-hydrogen) atoms. The highest BCUT2D eigenvalue weighted by atomic mass is 32.4. The van der Waals surface area contributed by atoms with Gasteiger partial charge in [-0.25, -0.2) is 0 Å².